The molecule has 1 aliphatic carbocycles. The van der Waals surface area contributed by atoms with Crippen molar-refractivity contribution in [2.75, 3.05) is 5.32 Å². The van der Waals surface area contributed by atoms with Gasteiger partial charge in [-0.05, 0) is 60.2 Å². The van der Waals surface area contributed by atoms with E-state index in [9.17, 15) is 14.3 Å². The van der Waals surface area contributed by atoms with E-state index < -0.39 is 11.4 Å². The first kappa shape index (κ1) is 23.6. The highest BCUT2D eigenvalue weighted by Gasteiger charge is 2.51. The zero-order chi connectivity index (χ0) is 26.3. The Balaban J connectivity index is 1.24. The number of aryl methyl sites for hydroxylation is 1. The van der Waals surface area contributed by atoms with Crippen LogP contribution in [0.25, 0.3) is 33.6 Å². The first-order chi connectivity index (χ1) is 18.4. The number of anilines is 2. The van der Waals surface area contributed by atoms with Crippen LogP contribution in [0.15, 0.2) is 95.8 Å². The number of benzene rings is 3. The molecule has 1 aliphatic rings. The lowest BCUT2D eigenvalue weighted by Gasteiger charge is -2.11. The molecule has 0 saturated heterocycles. The normalized spacial score (nSPS) is 13.7. The lowest BCUT2D eigenvalue weighted by atomic mass is 9.93. The van der Waals surface area contributed by atoms with E-state index in [1.807, 2.05) is 67.6 Å². The van der Waals surface area contributed by atoms with Gasteiger partial charge in [0.05, 0.1) is 17.3 Å². The van der Waals surface area contributed by atoms with Gasteiger partial charge in [0.1, 0.15) is 17.2 Å². The summed E-state index contributed by atoms with van der Waals surface area (Å²) in [5.74, 6) is -0.458. The lowest BCUT2D eigenvalue weighted by Crippen LogP contribution is -2.19. The van der Waals surface area contributed by atoms with Crippen molar-refractivity contribution in [1.82, 2.24) is 10.1 Å². The maximum atomic E-state index is 13.7. The molecular formula is C31H24FN3O3. The monoisotopic (exact) mass is 505 g/mol. The number of aliphatic carboxylic acids is 1. The van der Waals surface area contributed by atoms with Crippen molar-refractivity contribution < 1.29 is 18.8 Å². The maximum Gasteiger partial charge on any atom is 0.314 e. The van der Waals surface area contributed by atoms with Crippen molar-refractivity contribution in [3.05, 3.63) is 108 Å². The van der Waals surface area contributed by atoms with Crippen molar-refractivity contribution >= 4 is 17.3 Å². The second-order valence-corrected chi connectivity index (χ2v) is 9.61. The lowest BCUT2D eigenvalue weighted by molar-refractivity contribution is -0.140. The van der Waals surface area contributed by atoms with Gasteiger partial charge in [-0.3, -0.25) is 9.78 Å². The van der Waals surface area contributed by atoms with Crippen molar-refractivity contribution in [1.29, 1.82) is 0 Å². The van der Waals surface area contributed by atoms with Crippen LogP contribution in [-0.2, 0) is 10.2 Å². The molecule has 0 amide bonds. The summed E-state index contributed by atoms with van der Waals surface area (Å²) < 4.78 is 19.4. The van der Waals surface area contributed by atoms with Crippen molar-refractivity contribution in [3.8, 4) is 33.6 Å². The molecule has 1 fully saturated rings. The second kappa shape index (κ2) is 9.27. The van der Waals surface area contributed by atoms with Crippen LogP contribution < -0.4 is 5.32 Å². The molecule has 3 aromatic carbocycles. The van der Waals surface area contributed by atoms with E-state index in [0.29, 0.717) is 24.3 Å². The fourth-order valence-electron chi connectivity index (χ4n) is 4.74. The molecule has 2 heterocycles. The Hall–Kier alpha value is -4.78. The van der Waals surface area contributed by atoms with E-state index in [2.05, 4.69) is 15.5 Å². The summed E-state index contributed by atoms with van der Waals surface area (Å²) in [6.45, 7) is 1.86. The standard InChI is InChI=1S/C31H24FN3O3/c1-19-28(34-27-16-24(17-33-18-27)23-3-2-4-26(32)15-23)29(38-35-19)22-7-5-20(6-8-22)21-9-11-25(12-10-21)31(13-14-31)30(36)37/h2-12,15-18,34H,13-14H2,1H3,(H,36,37). The van der Waals surface area contributed by atoms with Crippen LogP contribution in [0.5, 0.6) is 0 Å². The molecule has 0 spiro atoms. The molecule has 2 N–H and O–H groups in total. The van der Waals surface area contributed by atoms with Gasteiger partial charge in [-0.1, -0.05) is 65.8 Å². The average molecular weight is 506 g/mol. The van der Waals surface area contributed by atoms with Crippen molar-refractivity contribution in [2.45, 2.75) is 25.2 Å². The number of aromatic nitrogens is 2. The zero-order valence-electron chi connectivity index (χ0n) is 20.6. The number of carboxylic acid groups (broad SMARTS) is 1. The highest BCUT2D eigenvalue weighted by Crippen LogP contribution is 2.48. The summed E-state index contributed by atoms with van der Waals surface area (Å²) in [7, 11) is 0. The van der Waals surface area contributed by atoms with Gasteiger partial charge in [0, 0.05) is 17.3 Å². The Morgan fingerprint density at radius 2 is 1.58 bits per heavy atom. The van der Waals surface area contributed by atoms with E-state index in [1.54, 1.807) is 18.5 Å². The topological polar surface area (TPSA) is 88.2 Å². The third kappa shape index (κ3) is 4.32. The minimum atomic E-state index is -0.752. The van der Waals surface area contributed by atoms with Crippen LogP contribution in [0.2, 0.25) is 0 Å². The van der Waals surface area contributed by atoms with Gasteiger partial charge >= 0.3 is 5.97 Å². The molecule has 188 valence electrons. The first-order valence-electron chi connectivity index (χ1n) is 12.3. The van der Waals surface area contributed by atoms with Gasteiger partial charge in [0.2, 0.25) is 0 Å². The largest absolute Gasteiger partial charge is 0.481 e. The van der Waals surface area contributed by atoms with Crippen LogP contribution in [0.1, 0.15) is 24.1 Å². The number of rotatable bonds is 7. The van der Waals surface area contributed by atoms with Crippen LogP contribution in [0.4, 0.5) is 15.8 Å². The fraction of sp³-hybridized carbons (Fsp3) is 0.129. The maximum absolute atomic E-state index is 13.7. The van der Waals surface area contributed by atoms with Gasteiger partial charge in [-0.25, -0.2) is 4.39 Å². The number of halogens is 1. The quantitative estimate of drug-likeness (QED) is 0.240. The van der Waals surface area contributed by atoms with E-state index in [0.717, 1.165) is 44.8 Å². The van der Waals surface area contributed by atoms with Crippen LogP contribution in [-0.4, -0.2) is 21.2 Å². The van der Waals surface area contributed by atoms with Gasteiger partial charge in [-0.2, -0.15) is 0 Å². The third-order valence-electron chi connectivity index (χ3n) is 7.11. The van der Waals surface area contributed by atoms with Gasteiger partial charge in [0.25, 0.3) is 0 Å². The molecule has 0 bridgehead atoms. The van der Waals surface area contributed by atoms with Crippen molar-refractivity contribution in [2.24, 2.45) is 0 Å². The Morgan fingerprint density at radius 1 is 0.895 bits per heavy atom. The number of carbonyl (C=O) groups is 1. The van der Waals surface area contributed by atoms with Crippen LogP contribution in [0, 0.1) is 12.7 Å². The summed E-state index contributed by atoms with van der Waals surface area (Å²) >= 11 is 0. The first-order valence-corrected chi connectivity index (χ1v) is 12.3. The van der Waals surface area contributed by atoms with Gasteiger partial charge in [0.15, 0.2) is 5.76 Å². The SMILES string of the molecule is Cc1noc(-c2ccc(-c3ccc(C4(C(=O)O)CC4)cc3)cc2)c1Nc1cncc(-c2cccc(F)c2)c1. The number of carboxylic acids is 1. The molecule has 0 radical (unpaired) electrons. The highest BCUT2D eigenvalue weighted by atomic mass is 19.1. The predicted molar refractivity (Wildman–Crippen MR) is 144 cm³/mol. The molecule has 0 unspecified atom stereocenters. The third-order valence-corrected chi connectivity index (χ3v) is 7.11. The summed E-state index contributed by atoms with van der Waals surface area (Å²) in [6, 6.07) is 24.0. The van der Waals surface area contributed by atoms with E-state index >= 15 is 0 Å². The Morgan fingerprint density at radius 3 is 2.24 bits per heavy atom. The van der Waals surface area contributed by atoms with Gasteiger partial charge in [-0.15, -0.1) is 0 Å². The number of nitrogens with zero attached hydrogens (tertiary/aromatic N) is 2. The number of hydrogen-bond donors (Lipinski definition) is 2. The minimum absolute atomic E-state index is 0.301. The molecule has 6 rings (SSSR count). The number of hydrogen-bond acceptors (Lipinski definition) is 5. The molecule has 7 heteroatoms. The summed E-state index contributed by atoms with van der Waals surface area (Å²) in [6.07, 6.45) is 4.77. The van der Waals surface area contributed by atoms with Crippen molar-refractivity contribution in [3.63, 3.8) is 0 Å². The smallest absolute Gasteiger partial charge is 0.314 e. The van der Waals surface area contributed by atoms with Crippen LogP contribution in [0.3, 0.4) is 0 Å². The fourth-order valence-corrected chi connectivity index (χ4v) is 4.74. The molecule has 0 atom stereocenters. The van der Waals surface area contributed by atoms with Crippen LogP contribution >= 0.6 is 0 Å². The minimum Gasteiger partial charge on any atom is -0.481 e. The predicted octanol–water partition coefficient (Wildman–Crippen LogP) is 7.38. The molecular weight excluding hydrogens is 481 g/mol. The highest BCUT2D eigenvalue weighted by molar-refractivity contribution is 5.85. The Labute approximate surface area is 218 Å². The summed E-state index contributed by atoms with van der Waals surface area (Å²) in [5, 5.41) is 17.1. The molecule has 1 saturated carbocycles. The summed E-state index contributed by atoms with van der Waals surface area (Å²) in [5.41, 5.74) is 6.70. The average Bonchev–Trinajstić information content (AvgIpc) is 3.68. The number of pyridine rings is 1. The van der Waals surface area contributed by atoms with E-state index in [1.165, 1.54) is 12.1 Å². The zero-order valence-corrected chi connectivity index (χ0v) is 20.6. The summed E-state index contributed by atoms with van der Waals surface area (Å²) in [4.78, 5) is 15.9. The molecule has 0 aliphatic heterocycles. The Bertz CT molecular complexity index is 1640. The molecule has 38 heavy (non-hydrogen) atoms. The molecule has 2 aromatic heterocycles. The second-order valence-electron chi connectivity index (χ2n) is 9.61. The van der Waals surface area contributed by atoms with E-state index in [-0.39, 0.29) is 5.82 Å². The Kier molecular flexibility index (Phi) is 5.76. The molecule has 5 aromatic rings. The van der Waals surface area contributed by atoms with E-state index in [4.69, 9.17) is 4.52 Å². The molecule has 6 nitrogen and oxygen atoms in total. The number of nitrogens with one attached hydrogen (secondary N) is 1. The van der Waals surface area contributed by atoms with Gasteiger partial charge < -0.3 is 14.9 Å².